The van der Waals surface area contributed by atoms with E-state index in [1.54, 1.807) is 26.5 Å². The molecule has 3 aromatic rings. The number of rotatable bonds is 7. The Hall–Kier alpha value is -2.87. The summed E-state index contributed by atoms with van der Waals surface area (Å²) >= 11 is 3.45. The quantitative estimate of drug-likeness (QED) is 0.408. The van der Waals surface area contributed by atoms with Gasteiger partial charge in [-0.3, -0.25) is 4.79 Å². The Morgan fingerprint density at radius 1 is 1.15 bits per heavy atom. The highest BCUT2D eigenvalue weighted by molar-refractivity contribution is 9.10. The molecule has 1 aliphatic heterocycles. The average Bonchev–Trinajstić information content (AvgIpc) is 3.37. The molecule has 174 valence electrons. The molecule has 0 saturated carbocycles. The Morgan fingerprint density at radius 3 is 2.55 bits per heavy atom. The van der Waals surface area contributed by atoms with Crippen LogP contribution in [0, 0.1) is 0 Å². The smallest absolute Gasteiger partial charge is 0.282 e. The summed E-state index contributed by atoms with van der Waals surface area (Å²) < 4.78 is 13.6. The number of hydrogen-bond donors (Lipinski definition) is 0. The second-order valence-electron chi connectivity index (χ2n) is 8.26. The van der Waals surface area contributed by atoms with Crippen LogP contribution in [0.1, 0.15) is 50.4 Å². The van der Waals surface area contributed by atoms with E-state index in [1.807, 2.05) is 31.2 Å². The van der Waals surface area contributed by atoms with Gasteiger partial charge in [-0.05, 0) is 43.5 Å². The highest BCUT2D eigenvalue weighted by Gasteiger charge is 2.20. The van der Waals surface area contributed by atoms with E-state index in [9.17, 15) is 4.79 Å². The van der Waals surface area contributed by atoms with Crippen molar-refractivity contribution in [3.8, 4) is 11.5 Å². The van der Waals surface area contributed by atoms with Crippen molar-refractivity contribution in [2.24, 2.45) is 5.10 Å². The van der Waals surface area contributed by atoms with Gasteiger partial charge in [-0.25, -0.2) is 4.98 Å². The van der Waals surface area contributed by atoms with E-state index in [-0.39, 0.29) is 11.5 Å². The first-order valence-corrected chi connectivity index (χ1v) is 12.0. The van der Waals surface area contributed by atoms with Crippen LogP contribution < -0.4 is 19.9 Å². The highest BCUT2D eigenvalue weighted by Crippen LogP contribution is 2.36. The van der Waals surface area contributed by atoms with E-state index in [2.05, 4.69) is 32.9 Å². The molecule has 2 heterocycles. The molecule has 0 radical (unpaired) electrons. The zero-order valence-corrected chi connectivity index (χ0v) is 21.1. The lowest BCUT2D eigenvalue weighted by Gasteiger charge is -2.22. The van der Waals surface area contributed by atoms with Gasteiger partial charge in [0.1, 0.15) is 17.3 Å². The van der Waals surface area contributed by atoms with Crippen LogP contribution in [0.25, 0.3) is 10.9 Å². The molecule has 0 aliphatic carbocycles. The fourth-order valence-corrected chi connectivity index (χ4v) is 4.47. The number of fused-ring (bicyclic) bond motifs is 1. The van der Waals surface area contributed by atoms with Crippen molar-refractivity contribution in [2.75, 3.05) is 32.2 Å². The largest absolute Gasteiger partial charge is 0.496 e. The Balaban J connectivity index is 1.83. The highest BCUT2D eigenvalue weighted by atomic mass is 79.9. The van der Waals surface area contributed by atoms with E-state index in [0.29, 0.717) is 22.5 Å². The van der Waals surface area contributed by atoms with Crippen molar-refractivity contribution >= 4 is 38.7 Å². The van der Waals surface area contributed by atoms with Crippen LogP contribution in [0.5, 0.6) is 11.5 Å². The molecule has 0 amide bonds. The first kappa shape index (κ1) is 23.3. The number of nitrogens with zero attached hydrogens (tertiary/aromatic N) is 4. The number of methoxy groups -OCH3 is 2. The van der Waals surface area contributed by atoms with E-state index in [0.717, 1.165) is 41.0 Å². The number of aromatic nitrogens is 2. The van der Waals surface area contributed by atoms with Crippen molar-refractivity contribution in [2.45, 2.75) is 39.0 Å². The zero-order valence-electron chi connectivity index (χ0n) is 19.5. The lowest BCUT2D eigenvalue weighted by atomic mass is 10.1. The predicted octanol–water partition coefficient (Wildman–Crippen LogP) is 5.17. The van der Waals surface area contributed by atoms with Gasteiger partial charge in [0.2, 0.25) is 0 Å². The summed E-state index contributed by atoms with van der Waals surface area (Å²) in [6.07, 6.45) is 4.82. The summed E-state index contributed by atoms with van der Waals surface area (Å²) in [5.74, 6) is 2.13. The Bertz CT molecular complexity index is 1250. The summed E-state index contributed by atoms with van der Waals surface area (Å²) in [6, 6.07) is 9.42. The molecule has 1 saturated heterocycles. The minimum absolute atomic E-state index is 0.0665. The topological polar surface area (TPSA) is 69.0 Å². The molecular weight excluding hydrogens is 484 g/mol. The van der Waals surface area contributed by atoms with Gasteiger partial charge in [-0.2, -0.15) is 9.78 Å². The normalized spacial score (nSPS) is 14.9. The molecule has 0 bridgehead atoms. The third kappa shape index (κ3) is 4.62. The van der Waals surface area contributed by atoms with E-state index < -0.39 is 0 Å². The molecule has 0 spiro atoms. The minimum Gasteiger partial charge on any atom is -0.496 e. The molecule has 4 rings (SSSR count). The number of halogens is 1. The second kappa shape index (κ2) is 9.95. The Morgan fingerprint density at radius 2 is 1.88 bits per heavy atom. The summed E-state index contributed by atoms with van der Waals surface area (Å²) in [7, 11) is 3.30. The van der Waals surface area contributed by atoms with Crippen LogP contribution in [-0.2, 0) is 0 Å². The summed E-state index contributed by atoms with van der Waals surface area (Å²) in [6.45, 7) is 6.12. The van der Waals surface area contributed by atoms with Crippen LogP contribution in [0.3, 0.4) is 0 Å². The van der Waals surface area contributed by atoms with Crippen LogP contribution in [0.2, 0.25) is 0 Å². The molecule has 7 nitrogen and oxygen atoms in total. The van der Waals surface area contributed by atoms with Crippen molar-refractivity contribution in [3.63, 3.8) is 0 Å². The van der Waals surface area contributed by atoms with Crippen molar-refractivity contribution in [1.29, 1.82) is 0 Å². The van der Waals surface area contributed by atoms with Gasteiger partial charge in [0.05, 0.1) is 37.0 Å². The SMILES string of the molecule is CC[C@@H](C)c1nc2ccc(Br)cc2c(=O)n1N=Cc1cc(OC)c(N2CCCC2)cc1OC. The fraction of sp³-hybridized carbons (Fsp3) is 0.400. The monoisotopic (exact) mass is 512 g/mol. The average molecular weight is 513 g/mol. The summed E-state index contributed by atoms with van der Waals surface area (Å²) in [4.78, 5) is 20.4. The minimum atomic E-state index is -0.201. The van der Waals surface area contributed by atoms with Gasteiger partial charge in [0.25, 0.3) is 5.56 Å². The van der Waals surface area contributed by atoms with Crippen molar-refractivity contribution < 1.29 is 9.47 Å². The van der Waals surface area contributed by atoms with Crippen molar-refractivity contribution in [1.82, 2.24) is 9.66 Å². The molecule has 0 unspecified atom stereocenters. The number of benzene rings is 2. The molecule has 0 N–H and O–H groups in total. The Kier molecular flexibility index (Phi) is 7.02. The van der Waals surface area contributed by atoms with Gasteiger partial charge in [-0.1, -0.05) is 29.8 Å². The van der Waals surface area contributed by atoms with Gasteiger partial charge < -0.3 is 14.4 Å². The summed E-state index contributed by atoms with van der Waals surface area (Å²) in [5, 5.41) is 5.10. The van der Waals surface area contributed by atoms with Crippen LogP contribution >= 0.6 is 15.9 Å². The van der Waals surface area contributed by atoms with Crippen LogP contribution in [0.4, 0.5) is 5.69 Å². The van der Waals surface area contributed by atoms with E-state index in [1.165, 1.54) is 17.5 Å². The molecule has 1 atom stereocenters. The maximum absolute atomic E-state index is 13.4. The first-order chi connectivity index (χ1) is 16.0. The van der Waals surface area contributed by atoms with E-state index in [4.69, 9.17) is 14.5 Å². The van der Waals surface area contributed by atoms with Gasteiger partial charge in [0.15, 0.2) is 0 Å². The third-order valence-corrected chi connectivity index (χ3v) is 6.67. The Labute approximate surface area is 202 Å². The third-order valence-electron chi connectivity index (χ3n) is 6.18. The fourth-order valence-electron chi connectivity index (χ4n) is 4.11. The van der Waals surface area contributed by atoms with Crippen LogP contribution in [0.15, 0.2) is 44.7 Å². The van der Waals surface area contributed by atoms with Crippen LogP contribution in [-0.4, -0.2) is 43.2 Å². The van der Waals surface area contributed by atoms with Gasteiger partial charge in [-0.15, -0.1) is 0 Å². The number of anilines is 1. The molecule has 1 aliphatic rings. The summed E-state index contributed by atoms with van der Waals surface area (Å²) in [5.41, 5.74) is 2.21. The number of ether oxygens (including phenoxy) is 2. The lowest BCUT2D eigenvalue weighted by molar-refractivity contribution is 0.402. The molecule has 8 heteroatoms. The molecular formula is C25H29BrN4O3. The van der Waals surface area contributed by atoms with E-state index >= 15 is 0 Å². The predicted molar refractivity (Wildman–Crippen MR) is 136 cm³/mol. The maximum atomic E-state index is 13.4. The first-order valence-electron chi connectivity index (χ1n) is 11.2. The molecule has 2 aromatic carbocycles. The number of hydrogen-bond acceptors (Lipinski definition) is 6. The lowest BCUT2D eigenvalue weighted by Crippen LogP contribution is -2.23. The van der Waals surface area contributed by atoms with Gasteiger partial charge >= 0.3 is 0 Å². The van der Waals surface area contributed by atoms with Crippen molar-refractivity contribution in [3.05, 3.63) is 56.5 Å². The zero-order chi connectivity index (χ0) is 23.5. The molecule has 33 heavy (non-hydrogen) atoms. The molecule has 1 fully saturated rings. The maximum Gasteiger partial charge on any atom is 0.282 e. The molecule has 1 aromatic heterocycles. The second-order valence-corrected chi connectivity index (χ2v) is 9.18. The standard InChI is InChI=1S/C25H29BrN4O3/c1-5-16(2)24-28-20-9-8-18(26)13-19(20)25(31)30(24)27-15-17-12-23(33-4)21(14-22(17)32-3)29-10-6-7-11-29/h8-9,12-16H,5-7,10-11H2,1-4H3/t16-/m1/s1. The van der Waals surface area contributed by atoms with Gasteiger partial charge in [0, 0.05) is 35.1 Å².